The minimum Gasteiger partial charge on any atom is -0.378 e. The molecule has 5 rings (SSSR count). The van der Waals surface area contributed by atoms with Gasteiger partial charge in [-0.25, -0.2) is 0 Å². The van der Waals surface area contributed by atoms with Gasteiger partial charge in [-0.15, -0.1) is 0 Å². The van der Waals surface area contributed by atoms with E-state index in [9.17, 15) is 4.79 Å². The second-order valence-electron chi connectivity index (χ2n) is 8.47. The van der Waals surface area contributed by atoms with E-state index in [0.29, 0.717) is 10.6 Å². The zero-order valence-corrected chi connectivity index (χ0v) is 19.2. The zero-order valence-electron chi connectivity index (χ0n) is 18.4. The highest BCUT2D eigenvalue weighted by atomic mass is 35.5. The van der Waals surface area contributed by atoms with E-state index in [0.717, 1.165) is 34.5 Å². The van der Waals surface area contributed by atoms with Crippen molar-refractivity contribution in [1.82, 2.24) is 0 Å². The van der Waals surface area contributed by atoms with Crippen LogP contribution in [0.5, 0.6) is 0 Å². The fourth-order valence-corrected chi connectivity index (χ4v) is 4.71. The SMILES string of the molecule is C[C@H]1C[C@@H](Nc2ccccc2)c2ccccc2N1C(=O)c1ccc(-c2ccc(Cl)cc2)cc1. The van der Waals surface area contributed by atoms with Gasteiger partial charge in [0, 0.05) is 28.0 Å². The molecule has 0 fully saturated rings. The molecule has 164 valence electrons. The fourth-order valence-electron chi connectivity index (χ4n) is 4.58. The maximum Gasteiger partial charge on any atom is 0.258 e. The summed E-state index contributed by atoms with van der Waals surface area (Å²) in [6.07, 6.45) is 0.834. The number of benzene rings is 4. The highest BCUT2D eigenvalue weighted by Gasteiger charge is 2.34. The lowest BCUT2D eigenvalue weighted by atomic mass is 9.90. The first-order chi connectivity index (χ1) is 16.1. The van der Waals surface area contributed by atoms with Gasteiger partial charge < -0.3 is 10.2 Å². The minimum absolute atomic E-state index is 0.0239. The van der Waals surface area contributed by atoms with Gasteiger partial charge in [-0.1, -0.05) is 72.3 Å². The summed E-state index contributed by atoms with van der Waals surface area (Å²) in [4.78, 5) is 15.6. The van der Waals surface area contributed by atoms with E-state index >= 15 is 0 Å². The highest BCUT2D eigenvalue weighted by molar-refractivity contribution is 6.30. The number of hydrogen-bond acceptors (Lipinski definition) is 2. The third-order valence-electron chi connectivity index (χ3n) is 6.23. The standard InChI is InChI=1S/C29H25ClN2O/c1-20-19-27(31-25-7-3-2-4-8-25)26-9-5-6-10-28(26)32(20)29(33)23-13-11-21(12-14-23)22-15-17-24(30)18-16-22/h2-18,20,27,31H,19H2,1H3/t20-,27+/m0/s1. The van der Waals surface area contributed by atoms with Crippen LogP contribution in [0.3, 0.4) is 0 Å². The van der Waals surface area contributed by atoms with Crippen LogP contribution in [0.1, 0.15) is 35.3 Å². The predicted octanol–water partition coefficient (Wildman–Crippen LogP) is 7.60. The summed E-state index contributed by atoms with van der Waals surface area (Å²) in [6, 6.07) is 34.2. The number of anilines is 2. The second kappa shape index (κ2) is 9.13. The monoisotopic (exact) mass is 452 g/mol. The Balaban J connectivity index is 1.42. The van der Waals surface area contributed by atoms with Crippen molar-refractivity contribution in [2.75, 3.05) is 10.2 Å². The van der Waals surface area contributed by atoms with Crippen LogP contribution in [0.4, 0.5) is 11.4 Å². The van der Waals surface area contributed by atoms with Crippen molar-refractivity contribution in [1.29, 1.82) is 0 Å². The van der Waals surface area contributed by atoms with Crippen LogP contribution in [-0.4, -0.2) is 11.9 Å². The Bertz CT molecular complexity index is 1250. The number of carbonyl (C=O) groups excluding carboxylic acids is 1. The van der Waals surface area contributed by atoms with E-state index in [2.05, 4.69) is 30.4 Å². The molecule has 1 amide bonds. The van der Waals surface area contributed by atoms with E-state index in [1.807, 2.05) is 89.8 Å². The Morgan fingerprint density at radius 2 is 1.42 bits per heavy atom. The van der Waals surface area contributed by atoms with E-state index in [1.54, 1.807) is 0 Å². The molecule has 2 atom stereocenters. The van der Waals surface area contributed by atoms with E-state index < -0.39 is 0 Å². The molecule has 1 heterocycles. The second-order valence-corrected chi connectivity index (χ2v) is 8.90. The van der Waals surface area contributed by atoms with Crippen LogP contribution < -0.4 is 10.2 Å². The smallest absolute Gasteiger partial charge is 0.258 e. The van der Waals surface area contributed by atoms with Gasteiger partial charge in [0.25, 0.3) is 5.91 Å². The molecule has 0 saturated carbocycles. The Hall–Kier alpha value is -3.56. The number of para-hydroxylation sites is 2. The average Bonchev–Trinajstić information content (AvgIpc) is 2.85. The number of nitrogens with zero attached hydrogens (tertiary/aromatic N) is 1. The van der Waals surface area contributed by atoms with Gasteiger partial charge in [0.2, 0.25) is 0 Å². The molecule has 0 aromatic heterocycles. The van der Waals surface area contributed by atoms with Gasteiger partial charge in [0.05, 0.1) is 6.04 Å². The predicted molar refractivity (Wildman–Crippen MR) is 137 cm³/mol. The first kappa shape index (κ1) is 21.3. The van der Waals surface area contributed by atoms with Gasteiger partial charge in [-0.05, 0) is 72.5 Å². The molecule has 0 spiro atoms. The largest absolute Gasteiger partial charge is 0.378 e. The Kier molecular flexibility index (Phi) is 5.89. The molecule has 0 radical (unpaired) electrons. The van der Waals surface area contributed by atoms with Crippen molar-refractivity contribution in [3.63, 3.8) is 0 Å². The van der Waals surface area contributed by atoms with Crippen molar-refractivity contribution < 1.29 is 4.79 Å². The molecule has 33 heavy (non-hydrogen) atoms. The molecule has 1 N–H and O–H groups in total. The third-order valence-corrected chi connectivity index (χ3v) is 6.48. The molecular formula is C29H25ClN2O. The van der Waals surface area contributed by atoms with Crippen LogP contribution in [0.15, 0.2) is 103 Å². The summed E-state index contributed by atoms with van der Waals surface area (Å²) < 4.78 is 0. The Morgan fingerprint density at radius 1 is 0.818 bits per heavy atom. The molecule has 0 bridgehead atoms. The lowest BCUT2D eigenvalue weighted by Gasteiger charge is -2.40. The van der Waals surface area contributed by atoms with E-state index in [4.69, 9.17) is 11.6 Å². The molecule has 0 unspecified atom stereocenters. The van der Waals surface area contributed by atoms with Crippen LogP contribution in [0.25, 0.3) is 11.1 Å². The van der Waals surface area contributed by atoms with E-state index in [-0.39, 0.29) is 18.0 Å². The van der Waals surface area contributed by atoms with Gasteiger partial charge in [-0.3, -0.25) is 4.79 Å². The topological polar surface area (TPSA) is 32.3 Å². The summed E-state index contributed by atoms with van der Waals surface area (Å²) in [6.45, 7) is 2.12. The molecule has 3 nitrogen and oxygen atoms in total. The van der Waals surface area contributed by atoms with Crippen molar-refractivity contribution in [3.8, 4) is 11.1 Å². The summed E-state index contributed by atoms with van der Waals surface area (Å²) >= 11 is 6.01. The first-order valence-electron chi connectivity index (χ1n) is 11.2. The molecule has 4 heteroatoms. The zero-order chi connectivity index (χ0) is 22.8. The van der Waals surface area contributed by atoms with Crippen molar-refractivity contribution in [2.45, 2.75) is 25.4 Å². The van der Waals surface area contributed by atoms with Crippen LogP contribution in [0.2, 0.25) is 5.02 Å². The quantitative estimate of drug-likeness (QED) is 0.345. The maximum absolute atomic E-state index is 13.6. The van der Waals surface area contributed by atoms with Crippen LogP contribution in [-0.2, 0) is 0 Å². The normalized spacial score (nSPS) is 17.3. The van der Waals surface area contributed by atoms with Crippen molar-refractivity contribution in [3.05, 3.63) is 119 Å². The summed E-state index contributed by atoms with van der Waals surface area (Å²) in [5.41, 5.74) is 6.01. The van der Waals surface area contributed by atoms with Crippen LogP contribution in [0, 0.1) is 0 Å². The maximum atomic E-state index is 13.6. The Labute approximate surface area is 199 Å². The molecule has 4 aromatic carbocycles. The van der Waals surface area contributed by atoms with Gasteiger partial charge in [0.15, 0.2) is 0 Å². The Morgan fingerprint density at radius 3 is 2.12 bits per heavy atom. The lowest BCUT2D eigenvalue weighted by Crippen LogP contribution is -2.44. The number of amides is 1. The van der Waals surface area contributed by atoms with Crippen molar-refractivity contribution in [2.24, 2.45) is 0 Å². The molecule has 0 aliphatic carbocycles. The number of halogens is 1. The van der Waals surface area contributed by atoms with Gasteiger partial charge in [-0.2, -0.15) is 0 Å². The van der Waals surface area contributed by atoms with Gasteiger partial charge in [0.1, 0.15) is 0 Å². The molecule has 4 aromatic rings. The number of rotatable bonds is 4. The molecule has 1 aliphatic heterocycles. The number of hydrogen-bond donors (Lipinski definition) is 1. The summed E-state index contributed by atoms with van der Waals surface area (Å²) in [5.74, 6) is 0.0239. The van der Waals surface area contributed by atoms with Gasteiger partial charge >= 0.3 is 0 Å². The lowest BCUT2D eigenvalue weighted by molar-refractivity contribution is 0.0974. The molecular weight excluding hydrogens is 428 g/mol. The average molecular weight is 453 g/mol. The molecule has 1 aliphatic rings. The number of nitrogens with one attached hydrogen (secondary N) is 1. The fraction of sp³-hybridized carbons (Fsp3) is 0.138. The number of fused-ring (bicyclic) bond motifs is 1. The molecule has 0 saturated heterocycles. The summed E-state index contributed by atoms with van der Waals surface area (Å²) in [7, 11) is 0. The van der Waals surface area contributed by atoms with Crippen molar-refractivity contribution >= 4 is 28.9 Å². The summed E-state index contributed by atoms with van der Waals surface area (Å²) in [5, 5.41) is 4.36. The van der Waals surface area contributed by atoms with Crippen LogP contribution >= 0.6 is 11.6 Å². The minimum atomic E-state index is 0.0239. The third kappa shape index (κ3) is 4.37. The number of carbonyl (C=O) groups is 1. The first-order valence-corrected chi connectivity index (χ1v) is 11.6. The van der Waals surface area contributed by atoms with E-state index in [1.165, 1.54) is 0 Å². The highest BCUT2D eigenvalue weighted by Crippen LogP contribution is 2.39.